The van der Waals surface area contributed by atoms with E-state index in [4.69, 9.17) is 10.5 Å². The third kappa shape index (κ3) is 3.66. The number of nitrogens with zero attached hydrogens (tertiary/aromatic N) is 1. The van der Waals surface area contributed by atoms with E-state index in [0.29, 0.717) is 17.9 Å². The van der Waals surface area contributed by atoms with Crippen LogP contribution in [0.1, 0.15) is 30.1 Å². The van der Waals surface area contributed by atoms with Gasteiger partial charge in [0, 0.05) is 14.1 Å². The predicted molar refractivity (Wildman–Crippen MR) is 70.4 cm³/mol. The lowest BCUT2D eigenvalue weighted by atomic mass is 10.1. The number of carbonyl (C=O) groups is 1. The van der Waals surface area contributed by atoms with Crippen LogP contribution in [-0.4, -0.2) is 26.7 Å². The normalized spacial score (nSPS) is 10.1. The number of anilines is 2. The second kappa shape index (κ2) is 6.13. The van der Waals surface area contributed by atoms with Crippen molar-refractivity contribution in [3.63, 3.8) is 0 Å². The Balaban J connectivity index is 2.72. The van der Waals surface area contributed by atoms with Gasteiger partial charge in [0.15, 0.2) is 0 Å². The zero-order valence-corrected chi connectivity index (χ0v) is 10.7. The smallest absolute Gasteiger partial charge is 0.338 e. The Kier molecular flexibility index (Phi) is 4.82. The van der Waals surface area contributed by atoms with Crippen molar-refractivity contribution in [3.05, 3.63) is 23.8 Å². The molecule has 0 radical (unpaired) electrons. The van der Waals surface area contributed by atoms with E-state index in [1.54, 1.807) is 12.1 Å². The van der Waals surface area contributed by atoms with Gasteiger partial charge in [0.1, 0.15) is 0 Å². The molecule has 2 N–H and O–H groups in total. The van der Waals surface area contributed by atoms with Crippen molar-refractivity contribution in [2.24, 2.45) is 0 Å². The monoisotopic (exact) mass is 236 g/mol. The van der Waals surface area contributed by atoms with Gasteiger partial charge in [-0.2, -0.15) is 0 Å². The van der Waals surface area contributed by atoms with Crippen molar-refractivity contribution in [2.45, 2.75) is 19.8 Å². The molecule has 1 aromatic rings. The number of unbranched alkanes of at least 4 members (excludes halogenated alkanes) is 1. The molecule has 0 saturated carbocycles. The molecule has 0 fully saturated rings. The number of esters is 1. The molecule has 17 heavy (non-hydrogen) atoms. The van der Waals surface area contributed by atoms with Crippen LogP contribution in [0.3, 0.4) is 0 Å². The van der Waals surface area contributed by atoms with Crippen LogP contribution in [0.25, 0.3) is 0 Å². The molecule has 0 aliphatic heterocycles. The molecule has 0 spiro atoms. The van der Waals surface area contributed by atoms with Gasteiger partial charge >= 0.3 is 5.97 Å². The summed E-state index contributed by atoms with van der Waals surface area (Å²) in [5.41, 5.74) is 7.85. The average Bonchev–Trinajstić information content (AvgIpc) is 2.28. The van der Waals surface area contributed by atoms with E-state index >= 15 is 0 Å². The van der Waals surface area contributed by atoms with E-state index in [1.807, 2.05) is 25.1 Å². The summed E-state index contributed by atoms with van der Waals surface area (Å²) in [7, 11) is 3.82. The Labute approximate surface area is 102 Å². The highest BCUT2D eigenvalue weighted by Gasteiger charge is 2.09. The molecule has 0 aliphatic carbocycles. The molecule has 4 nitrogen and oxygen atoms in total. The number of rotatable bonds is 5. The lowest BCUT2D eigenvalue weighted by Gasteiger charge is -2.15. The first kappa shape index (κ1) is 13.4. The third-order valence-corrected chi connectivity index (χ3v) is 2.48. The van der Waals surface area contributed by atoms with Crippen LogP contribution in [0.2, 0.25) is 0 Å². The minimum atomic E-state index is -0.310. The lowest BCUT2D eigenvalue weighted by Crippen LogP contribution is -2.12. The summed E-state index contributed by atoms with van der Waals surface area (Å²) in [6.07, 6.45) is 1.89. The SMILES string of the molecule is CCCCOC(=O)c1ccc(N(C)C)c(N)c1. The minimum Gasteiger partial charge on any atom is -0.462 e. The fourth-order valence-corrected chi connectivity index (χ4v) is 1.48. The molecule has 4 heteroatoms. The first-order chi connectivity index (χ1) is 8.06. The zero-order chi connectivity index (χ0) is 12.8. The topological polar surface area (TPSA) is 55.6 Å². The Bertz CT molecular complexity index is 389. The maximum atomic E-state index is 11.7. The number of nitrogens with two attached hydrogens (primary N) is 1. The summed E-state index contributed by atoms with van der Waals surface area (Å²) < 4.78 is 5.12. The second-order valence-electron chi connectivity index (χ2n) is 4.16. The first-order valence-corrected chi connectivity index (χ1v) is 5.80. The fraction of sp³-hybridized carbons (Fsp3) is 0.462. The number of hydrogen-bond acceptors (Lipinski definition) is 4. The van der Waals surface area contributed by atoms with E-state index in [1.165, 1.54) is 0 Å². The molecule has 0 unspecified atom stereocenters. The van der Waals surface area contributed by atoms with Crippen molar-refractivity contribution < 1.29 is 9.53 Å². The number of nitrogen functional groups attached to an aromatic ring is 1. The molecule has 0 amide bonds. The van der Waals surface area contributed by atoms with Gasteiger partial charge in [-0.25, -0.2) is 4.79 Å². The standard InChI is InChI=1S/C13H20N2O2/c1-4-5-8-17-13(16)10-6-7-12(15(2)3)11(14)9-10/h6-7,9H,4-5,8,14H2,1-3H3. The van der Waals surface area contributed by atoms with Crippen LogP contribution in [-0.2, 0) is 4.74 Å². The molecular weight excluding hydrogens is 216 g/mol. The van der Waals surface area contributed by atoms with Gasteiger partial charge in [-0.1, -0.05) is 13.3 Å². The van der Waals surface area contributed by atoms with E-state index < -0.39 is 0 Å². The van der Waals surface area contributed by atoms with E-state index in [0.717, 1.165) is 18.5 Å². The summed E-state index contributed by atoms with van der Waals surface area (Å²) in [5, 5.41) is 0. The van der Waals surface area contributed by atoms with Crippen LogP contribution in [0.4, 0.5) is 11.4 Å². The largest absolute Gasteiger partial charge is 0.462 e. The average molecular weight is 236 g/mol. The second-order valence-corrected chi connectivity index (χ2v) is 4.16. The van der Waals surface area contributed by atoms with Gasteiger partial charge in [-0.05, 0) is 24.6 Å². The van der Waals surface area contributed by atoms with Gasteiger partial charge in [-0.3, -0.25) is 0 Å². The fourth-order valence-electron chi connectivity index (χ4n) is 1.48. The number of ether oxygens (including phenoxy) is 1. The zero-order valence-electron chi connectivity index (χ0n) is 10.7. The van der Waals surface area contributed by atoms with Crippen LogP contribution < -0.4 is 10.6 Å². The lowest BCUT2D eigenvalue weighted by molar-refractivity contribution is 0.0500. The van der Waals surface area contributed by atoms with Crippen molar-refractivity contribution in [1.82, 2.24) is 0 Å². The number of hydrogen-bond donors (Lipinski definition) is 1. The van der Waals surface area contributed by atoms with Crippen molar-refractivity contribution in [1.29, 1.82) is 0 Å². The molecule has 0 aliphatic rings. The third-order valence-electron chi connectivity index (χ3n) is 2.48. The Hall–Kier alpha value is -1.71. The summed E-state index contributed by atoms with van der Waals surface area (Å²) in [6.45, 7) is 2.52. The van der Waals surface area contributed by atoms with E-state index in [9.17, 15) is 4.79 Å². The van der Waals surface area contributed by atoms with Gasteiger partial charge in [0.2, 0.25) is 0 Å². The minimum absolute atomic E-state index is 0.310. The van der Waals surface area contributed by atoms with Gasteiger partial charge in [0.05, 0.1) is 23.5 Å². The Morgan fingerprint density at radius 1 is 1.41 bits per heavy atom. The highest BCUT2D eigenvalue weighted by atomic mass is 16.5. The van der Waals surface area contributed by atoms with Crippen LogP contribution in [0.5, 0.6) is 0 Å². The highest BCUT2D eigenvalue weighted by molar-refractivity contribution is 5.92. The van der Waals surface area contributed by atoms with E-state index in [-0.39, 0.29) is 5.97 Å². The predicted octanol–water partition coefficient (Wildman–Crippen LogP) is 2.29. The van der Waals surface area contributed by atoms with Gasteiger partial charge in [0.25, 0.3) is 0 Å². The van der Waals surface area contributed by atoms with Crippen LogP contribution in [0, 0.1) is 0 Å². The molecule has 94 valence electrons. The van der Waals surface area contributed by atoms with Crippen molar-refractivity contribution in [3.8, 4) is 0 Å². The van der Waals surface area contributed by atoms with Crippen molar-refractivity contribution >= 4 is 17.3 Å². The molecule has 0 atom stereocenters. The first-order valence-electron chi connectivity index (χ1n) is 5.80. The molecule has 0 saturated heterocycles. The maximum Gasteiger partial charge on any atom is 0.338 e. The Morgan fingerprint density at radius 2 is 2.12 bits per heavy atom. The van der Waals surface area contributed by atoms with Gasteiger partial charge < -0.3 is 15.4 Å². The number of benzene rings is 1. The van der Waals surface area contributed by atoms with Crippen LogP contribution in [0.15, 0.2) is 18.2 Å². The summed E-state index contributed by atoms with van der Waals surface area (Å²) in [6, 6.07) is 5.22. The molecule has 0 heterocycles. The molecule has 1 rings (SSSR count). The molecular formula is C13H20N2O2. The van der Waals surface area contributed by atoms with E-state index in [2.05, 4.69) is 6.92 Å². The maximum absolute atomic E-state index is 11.7. The van der Waals surface area contributed by atoms with Crippen molar-refractivity contribution in [2.75, 3.05) is 31.3 Å². The number of carbonyl (C=O) groups excluding carboxylic acids is 1. The molecule has 0 bridgehead atoms. The van der Waals surface area contributed by atoms with Gasteiger partial charge in [-0.15, -0.1) is 0 Å². The quantitative estimate of drug-likeness (QED) is 0.484. The summed E-state index contributed by atoms with van der Waals surface area (Å²) in [4.78, 5) is 13.6. The summed E-state index contributed by atoms with van der Waals surface area (Å²) in [5.74, 6) is -0.310. The highest BCUT2D eigenvalue weighted by Crippen LogP contribution is 2.22. The molecule has 1 aromatic carbocycles. The summed E-state index contributed by atoms with van der Waals surface area (Å²) >= 11 is 0. The molecule has 0 aromatic heterocycles. The Morgan fingerprint density at radius 3 is 2.65 bits per heavy atom. The van der Waals surface area contributed by atoms with Crippen LogP contribution >= 0.6 is 0 Å².